The number of ketones is 1. The Morgan fingerprint density at radius 2 is 2.00 bits per heavy atom. The molecule has 1 saturated heterocycles. The largest absolute Gasteiger partial charge is 0.461 e. The molecule has 0 radical (unpaired) electrons. The van der Waals surface area contributed by atoms with E-state index in [9.17, 15) is 4.79 Å². The van der Waals surface area contributed by atoms with Crippen LogP contribution in [0, 0.1) is 5.41 Å². The van der Waals surface area contributed by atoms with Crippen molar-refractivity contribution < 1.29 is 14.3 Å². The van der Waals surface area contributed by atoms with E-state index < -0.39 is 11.2 Å². The molecule has 2 atom stereocenters. The average molecular weight is 311 g/mol. The van der Waals surface area contributed by atoms with Crippen LogP contribution in [-0.4, -0.2) is 18.2 Å². The van der Waals surface area contributed by atoms with Crippen LogP contribution in [0.2, 0.25) is 0 Å². The van der Waals surface area contributed by atoms with Crippen molar-refractivity contribution in [3.63, 3.8) is 0 Å². The number of benzene rings is 1. The van der Waals surface area contributed by atoms with Crippen molar-refractivity contribution in [2.45, 2.75) is 32.0 Å². The van der Waals surface area contributed by atoms with E-state index in [2.05, 4.69) is 15.9 Å². The molecule has 2 fully saturated rings. The first-order valence-electron chi connectivity index (χ1n) is 6.18. The first-order chi connectivity index (χ1) is 8.56. The lowest BCUT2D eigenvalue weighted by atomic mass is 9.81. The number of rotatable bonds is 2. The van der Waals surface area contributed by atoms with Gasteiger partial charge in [-0.05, 0) is 44.0 Å². The minimum Gasteiger partial charge on any atom is -0.461 e. The highest BCUT2D eigenvalue weighted by Crippen LogP contribution is 2.53. The molecule has 0 N–H and O–H groups in total. The molecule has 3 nitrogen and oxygen atoms in total. The highest BCUT2D eigenvalue weighted by Gasteiger charge is 2.64. The third-order valence-electron chi connectivity index (χ3n) is 4.17. The Bertz CT molecular complexity index is 484. The van der Waals surface area contributed by atoms with Gasteiger partial charge in [0, 0.05) is 10.9 Å². The lowest BCUT2D eigenvalue weighted by Gasteiger charge is -2.35. The Labute approximate surface area is 115 Å². The second-order valence-corrected chi connectivity index (χ2v) is 6.12. The van der Waals surface area contributed by atoms with Crippen molar-refractivity contribution in [2.24, 2.45) is 5.41 Å². The number of carbonyl (C=O) groups is 1. The number of halogens is 1. The molecule has 0 amide bonds. The maximum absolute atomic E-state index is 12.0. The molecule has 1 aliphatic carbocycles. The zero-order valence-corrected chi connectivity index (χ0v) is 11.8. The summed E-state index contributed by atoms with van der Waals surface area (Å²) in [4.78, 5) is 12.0. The van der Waals surface area contributed by atoms with Crippen LogP contribution in [0.15, 0.2) is 28.7 Å². The summed E-state index contributed by atoms with van der Waals surface area (Å²) >= 11 is 3.39. The predicted octanol–water partition coefficient (Wildman–Crippen LogP) is 3.31. The van der Waals surface area contributed by atoms with Gasteiger partial charge in [0.05, 0.1) is 5.41 Å². The molecule has 3 rings (SSSR count). The highest BCUT2D eigenvalue weighted by atomic mass is 79.9. The van der Waals surface area contributed by atoms with Gasteiger partial charge in [-0.15, -0.1) is 0 Å². The van der Waals surface area contributed by atoms with Crippen molar-refractivity contribution in [3.8, 4) is 5.75 Å². The Kier molecular flexibility index (Phi) is 2.75. The number of hydrogen-bond donors (Lipinski definition) is 0. The molecule has 2 aliphatic rings. The van der Waals surface area contributed by atoms with Crippen LogP contribution in [0.5, 0.6) is 5.75 Å². The van der Waals surface area contributed by atoms with Gasteiger partial charge >= 0.3 is 0 Å². The normalized spacial score (nSPS) is 34.7. The second kappa shape index (κ2) is 4.07. The Morgan fingerprint density at radius 3 is 2.72 bits per heavy atom. The fraction of sp³-hybridized carbons (Fsp3) is 0.500. The lowest BCUT2D eigenvalue weighted by molar-refractivity contribution is -0.187. The Morgan fingerprint density at radius 1 is 1.28 bits per heavy atom. The van der Waals surface area contributed by atoms with Gasteiger partial charge in [0.2, 0.25) is 5.79 Å². The molecule has 0 aromatic heterocycles. The number of Topliss-reactive ketones (excluding diaryl/α,β-unsaturated/α-hetero) is 1. The summed E-state index contributed by atoms with van der Waals surface area (Å²) in [6.07, 6.45) is 2.60. The number of fused-ring (bicyclic) bond motifs is 1. The van der Waals surface area contributed by atoms with Crippen LogP contribution in [0.25, 0.3) is 0 Å². The summed E-state index contributed by atoms with van der Waals surface area (Å²) in [5.74, 6) is 0.163. The van der Waals surface area contributed by atoms with Gasteiger partial charge in [0.1, 0.15) is 12.4 Å². The molecular formula is C14H15BrO3. The van der Waals surface area contributed by atoms with Crippen molar-refractivity contribution >= 4 is 21.7 Å². The standard InChI is InChI=1S/C14H15BrO3/c1-13-7-2-8-14(13,17-9-12(13)16)18-11-5-3-10(15)4-6-11/h3-6H,2,7-9H2,1H3/t13-,14+/m1/s1. The predicted molar refractivity (Wildman–Crippen MR) is 70.4 cm³/mol. The Hall–Kier alpha value is -0.870. The van der Waals surface area contributed by atoms with Crippen LogP contribution in [0.4, 0.5) is 0 Å². The van der Waals surface area contributed by atoms with Gasteiger partial charge in [0.25, 0.3) is 0 Å². The molecule has 0 unspecified atom stereocenters. The average Bonchev–Trinajstić information content (AvgIpc) is 2.78. The molecule has 1 aromatic rings. The van der Waals surface area contributed by atoms with E-state index in [1.807, 2.05) is 31.2 Å². The molecule has 1 heterocycles. The third-order valence-corrected chi connectivity index (χ3v) is 4.70. The third kappa shape index (κ3) is 1.62. The SMILES string of the molecule is C[C@]12CCC[C@@]1(Oc1ccc(Br)cc1)OCC2=O. The van der Waals surface area contributed by atoms with Gasteiger partial charge in [-0.3, -0.25) is 4.79 Å². The summed E-state index contributed by atoms with van der Waals surface area (Å²) in [6, 6.07) is 7.64. The maximum Gasteiger partial charge on any atom is 0.223 e. The summed E-state index contributed by atoms with van der Waals surface area (Å²) < 4.78 is 12.8. The van der Waals surface area contributed by atoms with Crippen molar-refractivity contribution in [2.75, 3.05) is 6.61 Å². The summed E-state index contributed by atoms with van der Waals surface area (Å²) in [5.41, 5.74) is -0.486. The van der Waals surface area contributed by atoms with Gasteiger partial charge in [0.15, 0.2) is 5.78 Å². The quantitative estimate of drug-likeness (QED) is 0.840. The van der Waals surface area contributed by atoms with E-state index in [4.69, 9.17) is 9.47 Å². The minimum absolute atomic E-state index is 0.164. The van der Waals surface area contributed by atoms with Gasteiger partial charge in [-0.25, -0.2) is 0 Å². The molecule has 1 aliphatic heterocycles. The van der Waals surface area contributed by atoms with E-state index in [0.717, 1.165) is 29.5 Å². The topological polar surface area (TPSA) is 35.5 Å². The zero-order valence-electron chi connectivity index (χ0n) is 10.2. The van der Waals surface area contributed by atoms with Crippen LogP contribution in [-0.2, 0) is 9.53 Å². The summed E-state index contributed by atoms with van der Waals surface area (Å²) in [5, 5.41) is 0. The molecular weight excluding hydrogens is 296 g/mol. The number of hydrogen-bond acceptors (Lipinski definition) is 3. The molecule has 96 valence electrons. The monoisotopic (exact) mass is 310 g/mol. The molecule has 1 saturated carbocycles. The van der Waals surface area contributed by atoms with Crippen molar-refractivity contribution in [1.82, 2.24) is 0 Å². The summed E-state index contributed by atoms with van der Waals surface area (Å²) in [7, 11) is 0. The van der Waals surface area contributed by atoms with Crippen LogP contribution >= 0.6 is 15.9 Å². The molecule has 1 aromatic carbocycles. The highest BCUT2D eigenvalue weighted by molar-refractivity contribution is 9.10. The first kappa shape index (κ1) is 12.2. The molecule has 18 heavy (non-hydrogen) atoms. The maximum atomic E-state index is 12.0. The Balaban J connectivity index is 1.91. The van der Waals surface area contributed by atoms with Gasteiger partial charge in [-0.2, -0.15) is 0 Å². The van der Waals surface area contributed by atoms with E-state index in [0.29, 0.717) is 0 Å². The fourth-order valence-electron chi connectivity index (χ4n) is 2.95. The molecule has 4 heteroatoms. The van der Waals surface area contributed by atoms with E-state index >= 15 is 0 Å². The van der Waals surface area contributed by atoms with E-state index in [1.54, 1.807) is 0 Å². The first-order valence-corrected chi connectivity index (χ1v) is 6.97. The smallest absolute Gasteiger partial charge is 0.223 e. The minimum atomic E-state index is -0.752. The van der Waals surface area contributed by atoms with Gasteiger partial charge in [-0.1, -0.05) is 15.9 Å². The van der Waals surface area contributed by atoms with E-state index in [-0.39, 0.29) is 12.4 Å². The fourth-order valence-corrected chi connectivity index (χ4v) is 3.22. The van der Waals surface area contributed by atoms with Crippen LogP contribution in [0.3, 0.4) is 0 Å². The lowest BCUT2D eigenvalue weighted by Crippen LogP contribution is -2.46. The van der Waals surface area contributed by atoms with E-state index in [1.165, 1.54) is 0 Å². The number of carbonyl (C=O) groups excluding carboxylic acids is 1. The van der Waals surface area contributed by atoms with Crippen molar-refractivity contribution in [3.05, 3.63) is 28.7 Å². The molecule has 0 spiro atoms. The van der Waals surface area contributed by atoms with Gasteiger partial charge < -0.3 is 9.47 Å². The molecule has 0 bridgehead atoms. The zero-order chi connectivity index (χ0) is 12.8. The second-order valence-electron chi connectivity index (χ2n) is 5.21. The summed E-state index contributed by atoms with van der Waals surface area (Å²) in [6.45, 7) is 2.14. The van der Waals surface area contributed by atoms with Crippen LogP contribution in [0.1, 0.15) is 26.2 Å². The van der Waals surface area contributed by atoms with Crippen molar-refractivity contribution in [1.29, 1.82) is 0 Å². The van der Waals surface area contributed by atoms with Crippen LogP contribution < -0.4 is 4.74 Å². The number of ether oxygens (including phenoxy) is 2.